The second kappa shape index (κ2) is 10.3. The molecule has 0 radical (unpaired) electrons. The number of benzene rings is 3. The molecule has 0 amide bonds. The summed E-state index contributed by atoms with van der Waals surface area (Å²) in [6, 6.07) is 20.1. The molecule has 1 aliphatic rings. The molecular weight excluding hydrogens is 512 g/mol. The molecule has 0 bridgehead atoms. The van der Waals surface area contributed by atoms with Gasteiger partial charge in [-0.05, 0) is 50.2 Å². The van der Waals surface area contributed by atoms with Crippen LogP contribution in [0.25, 0.3) is 5.70 Å². The number of ketones is 1. The van der Waals surface area contributed by atoms with E-state index < -0.39 is 0 Å². The van der Waals surface area contributed by atoms with Crippen LogP contribution in [-0.4, -0.2) is 17.3 Å². The van der Waals surface area contributed by atoms with Crippen LogP contribution in [0.3, 0.4) is 0 Å². The fourth-order valence-electron chi connectivity index (χ4n) is 3.85. The Bertz CT molecular complexity index is 1210. The number of anilines is 2. The van der Waals surface area contributed by atoms with Crippen molar-refractivity contribution in [1.29, 1.82) is 0 Å². The first-order valence-corrected chi connectivity index (χ1v) is 12.1. The molecule has 1 aliphatic heterocycles. The first-order chi connectivity index (χ1) is 16.3. The Hall–Kier alpha value is -2.63. The van der Waals surface area contributed by atoms with Crippen molar-refractivity contribution in [3.05, 3.63) is 110 Å². The lowest BCUT2D eigenvalue weighted by Gasteiger charge is -2.37. The molecule has 1 N–H and O–H groups in total. The topological polar surface area (TPSA) is 35.6 Å². The third kappa shape index (κ3) is 5.21. The lowest BCUT2D eigenvalue weighted by molar-refractivity contribution is -0.113. The van der Waals surface area contributed by atoms with Crippen molar-refractivity contribution >= 4 is 69.3 Å². The van der Waals surface area contributed by atoms with Crippen molar-refractivity contribution in [3.63, 3.8) is 0 Å². The van der Waals surface area contributed by atoms with Gasteiger partial charge in [-0.15, -0.1) is 0 Å². The minimum atomic E-state index is -0.111. The molecule has 8 heteroatoms. The summed E-state index contributed by atoms with van der Waals surface area (Å²) in [6.07, 6.45) is 1.88. The van der Waals surface area contributed by atoms with Crippen LogP contribution in [0.4, 0.5) is 11.4 Å². The van der Waals surface area contributed by atoms with E-state index in [2.05, 4.69) is 5.43 Å². The smallest absolute Gasteiger partial charge is 0.164 e. The van der Waals surface area contributed by atoms with Gasteiger partial charge >= 0.3 is 0 Å². The molecule has 1 heterocycles. The second-order valence-corrected chi connectivity index (χ2v) is 9.42. The van der Waals surface area contributed by atoms with E-state index in [0.29, 0.717) is 55.0 Å². The largest absolute Gasteiger partial charge is 0.308 e. The van der Waals surface area contributed by atoms with Crippen LogP contribution in [0.1, 0.15) is 19.4 Å². The molecule has 4 nitrogen and oxygen atoms in total. The Morgan fingerprint density at radius 2 is 1.35 bits per heavy atom. The Morgan fingerprint density at radius 3 is 1.79 bits per heavy atom. The summed E-state index contributed by atoms with van der Waals surface area (Å²) in [5.41, 5.74) is 7.39. The van der Waals surface area contributed by atoms with Gasteiger partial charge in [0.15, 0.2) is 5.78 Å². The molecule has 0 saturated carbocycles. The maximum atomic E-state index is 13.1. The van der Waals surface area contributed by atoms with E-state index in [9.17, 15) is 4.79 Å². The Morgan fingerprint density at radius 1 is 0.853 bits per heavy atom. The fourth-order valence-corrected chi connectivity index (χ4v) is 4.88. The number of Topliss-reactive ketones (excluding diaryl/α,β-unsaturated/α-hetero) is 1. The number of nitrogens with one attached hydrogen (secondary N) is 1. The van der Waals surface area contributed by atoms with E-state index in [4.69, 9.17) is 46.4 Å². The highest BCUT2D eigenvalue weighted by Crippen LogP contribution is 2.41. The number of rotatable bonds is 6. The maximum absolute atomic E-state index is 13.1. The van der Waals surface area contributed by atoms with Crippen LogP contribution >= 0.6 is 46.4 Å². The standard InChI is InChI=1S/C26H21Cl4N3O/c1-3-32-15-24(25(16(2)34)26(31-32)17-7-5-4-6-8-17)33(22-11-18(27)9-19(28)12-22)23-13-20(29)10-21(30)14-23/h4-15,31H,3H2,1-2H3. The van der Waals surface area contributed by atoms with Crippen molar-refractivity contribution in [2.45, 2.75) is 13.8 Å². The Labute approximate surface area is 218 Å². The minimum Gasteiger partial charge on any atom is -0.308 e. The van der Waals surface area contributed by atoms with Gasteiger partial charge in [0.05, 0.1) is 17.0 Å². The number of carbonyl (C=O) groups is 1. The molecule has 0 fully saturated rings. The lowest BCUT2D eigenvalue weighted by atomic mass is 9.98. The molecular formula is C26H21Cl4N3O. The van der Waals surface area contributed by atoms with Crippen LogP contribution in [0, 0.1) is 0 Å². The number of halogens is 4. The molecule has 3 aromatic carbocycles. The van der Waals surface area contributed by atoms with Gasteiger partial charge in [-0.3, -0.25) is 15.2 Å². The molecule has 0 aliphatic carbocycles. The van der Waals surface area contributed by atoms with E-state index in [1.165, 1.54) is 0 Å². The summed E-state index contributed by atoms with van der Waals surface area (Å²) in [5, 5.41) is 3.74. The van der Waals surface area contributed by atoms with Crippen LogP contribution < -0.4 is 10.3 Å². The summed E-state index contributed by atoms with van der Waals surface area (Å²) >= 11 is 25.5. The van der Waals surface area contributed by atoms with Crippen molar-refractivity contribution in [3.8, 4) is 0 Å². The van der Waals surface area contributed by atoms with Crippen LogP contribution in [-0.2, 0) is 4.79 Å². The molecule has 0 unspecified atom stereocenters. The van der Waals surface area contributed by atoms with Crippen molar-refractivity contribution < 1.29 is 4.79 Å². The van der Waals surface area contributed by atoms with Crippen LogP contribution in [0.2, 0.25) is 20.1 Å². The van der Waals surface area contributed by atoms with E-state index in [1.54, 1.807) is 43.3 Å². The first kappa shape index (κ1) is 24.5. The fraction of sp³-hybridized carbons (Fsp3) is 0.115. The molecule has 0 atom stereocenters. The number of allylic oxidation sites excluding steroid dienone is 1. The van der Waals surface area contributed by atoms with Gasteiger partial charge in [0.1, 0.15) is 0 Å². The highest BCUT2D eigenvalue weighted by atomic mass is 35.5. The van der Waals surface area contributed by atoms with Gasteiger partial charge in [-0.1, -0.05) is 76.7 Å². The van der Waals surface area contributed by atoms with Gasteiger partial charge in [-0.25, -0.2) is 0 Å². The van der Waals surface area contributed by atoms with Crippen molar-refractivity contribution in [1.82, 2.24) is 10.4 Å². The summed E-state index contributed by atoms with van der Waals surface area (Å²) in [6.45, 7) is 4.20. The third-order valence-electron chi connectivity index (χ3n) is 5.25. The van der Waals surface area contributed by atoms with Gasteiger partial charge in [0, 0.05) is 49.8 Å². The highest BCUT2D eigenvalue weighted by molar-refractivity contribution is 6.36. The maximum Gasteiger partial charge on any atom is 0.164 e. The normalized spacial score (nSPS) is 13.5. The molecule has 0 aromatic heterocycles. The Balaban J connectivity index is 2.04. The van der Waals surface area contributed by atoms with E-state index >= 15 is 0 Å². The van der Waals surface area contributed by atoms with Gasteiger partial charge in [0.2, 0.25) is 0 Å². The third-order valence-corrected chi connectivity index (χ3v) is 6.12. The SMILES string of the molecule is CCN1C=C(N(c2cc(Cl)cc(Cl)c2)c2cc(Cl)cc(Cl)c2)C(C(C)=O)=C(c2ccccc2)N1. The molecule has 3 aromatic rings. The average molecular weight is 533 g/mol. The van der Waals surface area contributed by atoms with Crippen molar-refractivity contribution in [2.75, 3.05) is 11.4 Å². The predicted octanol–water partition coefficient (Wildman–Crippen LogP) is 8.12. The summed E-state index contributed by atoms with van der Waals surface area (Å²) in [5.74, 6) is -0.111. The number of hydrogen-bond acceptors (Lipinski definition) is 4. The van der Waals surface area contributed by atoms with E-state index in [0.717, 1.165) is 5.56 Å². The zero-order valence-corrected chi connectivity index (χ0v) is 21.5. The van der Waals surface area contributed by atoms with Gasteiger partial charge in [0.25, 0.3) is 0 Å². The number of hydrazine groups is 1. The second-order valence-electron chi connectivity index (χ2n) is 7.68. The minimum absolute atomic E-state index is 0.111. The van der Waals surface area contributed by atoms with Crippen LogP contribution in [0.15, 0.2) is 84.2 Å². The monoisotopic (exact) mass is 531 g/mol. The van der Waals surface area contributed by atoms with Gasteiger partial charge < -0.3 is 4.90 Å². The Kier molecular flexibility index (Phi) is 7.44. The summed E-state index contributed by atoms with van der Waals surface area (Å²) in [7, 11) is 0. The highest BCUT2D eigenvalue weighted by Gasteiger charge is 2.30. The first-order valence-electron chi connectivity index (χ1n) is 10.5. The van der Waals surface area contributed by atoms with Crippen LogP contribution in [0.5, 0.6) is 0 Å². The molecule has 174 valence electrons. The average Bonchev–Trinajstić information content (AvgIpc) is 2.78. The summed E-state index contributed by atoms with van der Waals surface area (Å²) in [4.78, 5) is 15.0. The van der Waals surface area contributed by atoms with E-state index in [-0.39, 0.29) is 5.78 Å². The number of hydrogen-bond donors (Lipinski definition) is 1. The molecule has 4 rings (SSSR count). The molecule has 0 saturated heterocycles. The lowest BCUT2D eigenvalue weighted by Crippen LogP contribution is -2.39. The summed E-state index contributed by atoms with van der Waals surface area (Å²) < 4.78 is 0. The molecule has 34 heavy (non-hydrogen) atoms. The van der Waals surface area contributed by atoms with Crippen molar-refractivity contribution in [2.24, 2.45) is 0 Å². The number of carbonyl (C=O) groups excluding carboxylic acids is 1. The predicted molar refractivity (Wildman–Crippen MR) is 143 cm³/mol. The van der Waals surface area contributed by atoms with Gasteiger partial charge in [-0.2, -0.15) is 0 Å². The molecule has 0 spiro atoms. The number of nitrogens with zero attached hydrogens (tertiary/aromatic N) is 2. The zero-order chi connectivity index (χ0) is 24.4. The zero-order valence-electron chi connectivity index (χ0n) is 18.4. The quantitative estimate of drug-likeness (QED) is 0.347. The van der Waals surface area contributed by atoms with E-state index in [1.807, 2.05) is 53.4 Å².